The molecule has 2 rings (SSSR count). The molecule has 1 aromatic heterocycles. The van der Waals surface area contributed by atoms with E-state index < -0.39 is 0 Å². The number of nitrogens with zero attached hydrogens (tertiary/aromatic N) is 4. The molecule has 0 aromatic carbocycles. The van der Waals surface area contributed by atoms with Gasteiger partial charge in [-0.3, -0.25) is 0 Å². The number of aromatic nitrogens is 3. The Hall–Kier alpha value is -1.10. The van der Waals surface area contributed by atoms with Crippen molar-refractivity contribution < 1.29 is 0 Å². The molecule has 20 heavy (non-hydrogen) atoms. The smallest absolute Gasteiger partial charge is 0.231 e. The molecule has 1 aliphatic carbocycles. The molecule has 1 aliphatic rings. The zero-order chi connectivity index (χ0) is 14.5. The van der Waals surface area contributed by atoms with Crippen molar-refractivity contribution in [2.45, 2.75) is 52.5 Å². The van der Waals surface area contributed by atoms with Gasteiger partial charge in [0.25, 0.3) is 0 Å². The molecule has 0 bridgehead atoms. The molecule has 0 amide bonds. The van der Waals surface area contributed by atoms with Gasteiger partial charge in [0, 0.05) is 19.1 Å². The van der Waals surface area contributed by atoms with Crippen LogP contribution in [0.3, 0.4) is 0 Å². The van der Waals surface area contributed by atoms with Gasteiger partial charge in [0.2, 0.25) is 17.2 Å². The summed E-state index contributed by atoms with van der Waals surface area (Å²) in [5.41, 5.74) is 0. The van der Waals surface area contributed by atoms with Gasteiger partial charge in [-0.15, -0.1) is 0 Å². The van der Waals surface area contributed by atoms with Crippen LogP contribution in [0.4, 0.5) is 11.9 Å². The van der Waals surface area contributed by atoms with Crippen molar-refractivity contribution in [1.82, 2.24) is 15.0 Å². The minimum absolute atomic E-state index is 0.257. The van der Waals surface area contributed by atoms with Gasteiger partial charge in [-0.2, -0.15) is 15.0 Å². The van der Waals surface area contributed by atoms with Crippen LogP contribution < -0.4 is 10.2 Å². The summed E-state index contributed by atoms with van der Waals surface area (Å²) < 4.78 is 0. The molecule has 1 heterocycles. The molecule has 2 atom stereocenters. The fourth-order valence-corrected chi connectivity index (χ4v) is 2.90. The highest BCUT2D eigenvalue weighted by molar-refractivity contribution is 6.28. The number of halogens is 1. The quantitative estimate of drug-likeness (QED) is 0.903. The van der Waals surface area contributed by atoms with E-state index in [0.29, 0.717) is 23.9 Å². The maximum absolute atomic E-state index is 6.03. The van der Waals surface area contributed by atoms with Crippen LogP contribution in [-0.4, -0.2) is 34.1 Å². The van der Waals surface area contributed by atoms with Crippen LogP contribution >= 0.6 is 11.6 Å². The highest BCUT2D eigenvalue weighted by Gasteiger charge is 2.22. The Labute approximate surface area is 126 Å². The largest absolute Gasteiger partial charge is 0.351 e. The van der Waals surface area contributed by atoms with Gasteiger partial charge in [0.15, 0.2) is 0 Å². The first-order chi connectivity index (χ1) is 9.63. The van der Waals surface area contributed by atoms with Crippen molar-refractivity contribution in [2.24, 2.45) is 5.92 Å². The normalized spacial score (nSPS) is 22.6. The average Bonchev–Trinajstić information content (AvgIpc) is 2.42. The molecule has 1 fully saturated rings. The Morgan fingerprint density at radius 3 is 2.50 bits per heavy atom. The van der Waals surface area contributed by atoms with Gasteiger partial charge in [-0.05, 0) is 44.2 Å². The van der Waals surface area contributed by atoms with E-state index in [1.165, 1.54) is 25.7 Å². The maximum atomic E-state index is 6.03. The molecular formula is C14H24ClN5. The highest BCUT2D eigenvalue weighted by Crippen LogP contribution is 2.26. The fourth-order valence-electron chi connectivity index (χ4n) is 2.75. The molecular weight excluding hydrogens is 274 g/mol. The van der Waals surface area contributed by atoms with Crippen LogP contribution in [0.2, 0.25) is 5.28 Å². The van der Waals surface area contributed by atoms with Crippen molar-refractivity contribution in [1.29, 1.82) is 0 Å². The fraction of sp³-hybridized carbons (Fsp3) is 0.786. The summed E-state index contributed by atoms with van der Waals surface area (Å²) in [7, 11) is 0. The van der Waals surface area contributed by atoms with Crippen molar-refractivity contribution >= 4 is 23.5 Å². The van der Waals surface area contributed by atoms with Crippen LogP contribution in [0.15, 0.2) is 0 Å². The van der Waals surface area contributed by atoms with Gasteiger partial charge in [0.1, 0.15) is 0 Å². The summed E-state index contributed by atoms with van der Waals surface area (Å²) in [5, 5.41) is 3.70. The molecule has 0 radical (unpaired) electrons. The first-order valence-corrected chi connectivity index (χ1v) is 7.94. The summed E-state index contributed by atoms with van der Waals surface area (Å²) in [4.78, 5) is 15.0. The summed E-state index contributed by atoms with van der Waals surface area (Å²) in [6.45, 7) is 8.16. The Kier molecular flexibility index (Phi) is 5.40. The first kappa shape index (κ1) is 15.3. The second-order valence-electron chi connectivity index (χ2n) is 5.41. The zero-order valence-corrected chi connectivity index (χ0v) is 13.3. The van der Waals surface area contributed by atoms with Gasteiger partial charge < -0.3 is 10.2 Å². The van der Waals surface area contributed by atoms with E-state index in [2.05, 4.69) is 45.9 Å². The number of hydrogen-bond acceptors (Lipinski definition) is 5. The summed E-state index contributed by atoms with van der Waals surface area (Å²) in [6.07, 6.45) is 5.02. The minimum Gasteiger partial charge on any atom is -0.351 e. The Balaban J connectivity index is 2.14. The van der Waals surface area contributed by atoms with Crippen LogP contribution in [0.25, 0.3) is 0 Å². The Morgan fingerprint density at radius 2 is 1.85 bits per heavy atom. The van der Waals surface area contributed by atoms with E-state index in [1.807, 2.05) is 0 Å². The van der Waals surface area contributed by atoms with Crippen molar-refractivity contribution in [3.8, 4) is 0 Å². The van der Waals surface area contributed by atoms with Gasteiger partial charge >= 0.3 is 0 Å². The monoisotopic (exact) mass is 297 g/mol. The lowest BCUT2D eigenvalue weighted by Crippen LogP contribution is -2.32. The minimum atomic E-state index is 0.257. The van der Waals surface area contributed by atoms with Gasteiger partial charge in [0.05, 0.1) is 0 Å². The maximum Gasteiger partial charge on any atom is 0.231 e. The van der Waals surface area contributed by atoms with E-state index in [1.54, 1.807) is 0 Å². The van der Waals surface area contributed by atoms with Crippen LogP contribution in [0, 0.1) is 5.92 Å². The Morgan fingerprint density at radius 1 is 1.15 bits per heavy atom. The molecule has 1 aromatic rings. The average molecular weight is 298 g/mol. The van der Waals surface area contributed by atoms with Crippen LogP contribution in [-0.2, 0) is 0 Å². The predicted octanol–water partition coefficient (Wildman–Crippen LogP) is 3.36. The van der Waals surface area contributed by atoms with Crippen LogP contribution in [0.1, 0.15) is 46.5 Å². The summed E-state index contributed by atoms with van der Waals surface area (Å²) >= 11 is 6.03. The third-order valence-electron chi connectivity index (χ3n) is 4.07. The third kappa shape index (κ3) is 3.72. The zero-order valence-electron chi connectivity index (χ0n) is 12.6. The molecule has 0 spiro atoms. The first-order valence-electron chi connectivity index (χ1n) is 7.57. The molecule has 6 heteroatoms. The highest BCUT2D eigenvalue weighted by atomic mass is 35.5. The topological polar surface area (TPSA) is 53.9 Å². The number of hydrogen-bond donors (Lipinski definition) is 1. The van der Waals surface area contributed by atoms with E-state index in [4.69, 9.17) is 11.6 Å². The van der Waals surface area contributed by atoms with Crippen molar-refractivity contribution in [2.75, 3.05) is 23.3 Å². The second kappa shape index (κ2) is 7.07. The molecule has 0 aliphatic heterocycles. The van der Waals surface area contributed by atoms with E-state index >= 15 is 0 Å². The van der Waals surface area contributed by atoms with Crippen molar-refractivity contribution in [3.63, 3.8) is 0 Å². The molecule has 1 saturated carbocycles. The molecule has 2 unspecified atom stereocenters. The van der Waals surface area contributed by atoms with E-state index in [9.17, 15) is 0 Å². The summed E-state index contributed by atoms with van der Waals surface area (Å²) in [6, 6.07) is 0.437. The number of rotatable bonds is 5. The van der Waals surface area contributed by atoms with Gasteiger partial charge in [-0.25, -0.2) is 0 Å². The van der Waals surface area contributed by atoms with Crippen LogP contribution in [0.5, 0.6) is 0 Å². The lowest BCUT2D eigenvalue weighted by atomic mass is 9.86. The van der Waals surface area contributed by atoms with Gasteiger partial charge in [-0.1, -0.05) is 19.8 Å². The lowest BCUT2D eigenvalue weighted by molar-refractivity contribution is 0.348. The van der Waals surface area contributed by atoms with E-state index in [0.717, 1.165) is 13.1 Å². The number of nitrogens with one attached hydrogen (secondary N) is 1. The lowest BCUT2D eigenvalue weighted by Gasteiger charge is -2.29. The standard InChI is InChI=1S/C14H24ClN5/c1-4-20(5-2)14-18-12(15)17-13(19-14)16-11-9-7-6-8-10(11)3/h10-11H,4-9H2,1-3H3,(H,16,17,18,19). The SMILES string of the molecule is CCN(CC)c1nc(Cl)nc(NC2CCCCC2C)n1. The molecule has 112 valence electrons. The molecule has 5 nitrogen and oxygen atoms in total. The molecule has 1 N–H and O–H groups in total. The second-order valence-corrected chi connectivity index (χ2v) is 5.75. The number of anilines is 2. The Bertz CT molecular complexity index is 436. The summed E-state index contributed by atoms with van der Waals surface area (Å²) in [5.74, 6) is 1.91. The van der Waals surface area contributed by atoms with E-state index in [-0.39, 0.29) is 5.28 Å². The molecule has 0 saturated heterocycles. The predicted molar refractivity (Wildman–Crippen MR) is 83.4 cm³/mol. The third-order valence-corrected chi connectivity index (χ3v) is 4.24. The van der Waals surface area contributed by atoms with Crippen molar-refractivity contribution in [3.05, 3.63) is 5.28 Å².